The van der Waals surface area contributed by atoms with Gasteiger partial charge in [-0.05, 0) is 60.7 Å². The third-order valence-corrected chi connectivity index (χ3v) is 7.25. The van der Waals surface area contributed by atoms with E-state index in [1.54, 1.807) is 12.1 Å². The summed E-state index contributed by atoms with van der Waals surface area (Å²) in [6.07, 6.45) is 5.49. The number of nitrogens with one attached hydrogen (secondary N) is 1. The maximum absolute atomic E-state index is 12.8. The standard InChI is InChI=1S/C24H19N3O4S2/c1-3-16-27-21-6-4-5-7-22(21)32-24(27)25-23(28)17-8-10-18(11-9-17)26-33(29,30)20-14-12-19(31-2)13-15-20/h1,4-15,26H,16H2,2H3. The van der Waals surface area contributed by atoms with E-state index in [0.717, 1.165) is 10.2 Å². The Hall–Kier alpha value is -3.87. The molecule has 0 bridgehead atoms. The van der Waals surface area contributed by atoms with E-state index in [1.807, 2.05) is 28.8 Å². The molecule has 7 nitrogen and oxygen atoms in total. The van der Waals surface area contributed by atoms with Gasteiger partial charge in [-0.2, -0.15) is 4.99 Å². The van der Waals surface area contributed by atoms with Crippen LogP contribution in [0, 0.1) is 12.3 Å². The van der Waals surface area contributed by atoms with Crippen LogP contribution in [0.4, 0.5) is 5.69 Å². The summed E-state index contributed by atoms with van der Waals surface area (Å²) < 4.78 is 35.5. The lowest BCUT2D eigenvalue weighted by atomic mass is 10.2. The van der Waals surface area contributed by atoms with E-state index in [-0.39, 0.29) is 4.90 Å². The highest BCUT2D eigenvalue weighted by Crippen LogP contribution is 2.20. The van der Waals surface area contributed by atoms with E-state index in [9.17, 15) is 13.2 Å². The molecule has 0 aliphatic heterocycles. The highest BCUT2D eigenvalue weighted by atomic mass is 32.2. The summed E-state index contributed by atoms with van der Waals surface area (Å²) in [5.41, 5.74) is 1.56. The van der Waals surface area contributed by atoms with Crippen molar-refractivity contribution in [3.63, 3.8) is 0 Å². The third-order valence-electron chi connectivity index (χ3n) is 4.79. The first-order valence-corrected chi connectivity index (χ1v) is 12.1. The lowest BCUT2D eigenvalue weighted by molar-refractivity contribution is 0.0998. The number of sulfonamides is 1. The fourth-order valence-corrected chi connectivity index (χ4v) is 5.24. The normalized spacial score (nSPS) is 11.8. The summed E-state index contributed by atoms with van der Waals surface area (Å²) in [4.78, 5) is 17.6. The number of thiazole rings is 1. The van der Waals surface area contributed by atoms with Crippen molar-refractivity contribution in [2.45, 2.75) is 11.4 Å². The van der Waals surface area contributed by atoms with Crippen molar-refractivity contribution in [3.8, 4) is 18.1 Å². The number of benzene rings is 3. The molecular weight excluding hydrogens is 458 g/mol. The molecular formula is C24H19N3O4S2. The molecule has 33 heavy (non-hydrogen) atoms. The Kier molecular flexibility index (Phi) is 6.31. The molecule has 1 N–H and O–H groups in total. The minimum Gasteiger partial charge on any atom is -0.497 e. The maximum Gasteiger partial charge on any atom is 0.279 e. The number of rotatable bonds is 6. The number of hydrogen-bond acceptors (Lipinski definition) is 5. The van der Waals surface area contributed by atoms with Crippen LogP contribution < -0.4 is 14.3 Å². The fourth-order valence-electron chi connectivity index (χ4n) is 3.15. The van der Waals surface area contributed by atoms with Crippen LogP contribution in [-0.2, 0) is 16.6 Å². The molecule has 9 heteroatoms. The topological polar surface area (TPSA) is 89.8 Å². The zero-order valence-corrected chi connectivity index (χ0v) is 19.2. The minimum atomic E-state index is -3.78. The molecule has 0 spiro atoms. The number of fused-ring (bicyclic) bond motifs is 1. The molecule has 166 valence electrons. The molecule has 4 aromatic rings. The second-order valence-electron chi connectivity index (χ2n) is 6.92. The Morgan fingerprint density at radius 1 is 1.09 bits per heavy atom. The van der Waals surface area contributed by atoms with Crippen molar-refractivity contribution < 1.29 is 17.9 Å². The van der Waals surface area contributed by atoms with Crippen LogP contribution in [-0.4, -0.2) is 26.0 Å². The van der Waals surface area contributed by atoms with Crippen molar-refractivity contribution in [2.75, 3.05) is 11.8 Å². The Morgan fingerprint density at radius 2 is 1.79 bits per heavy atom. The van der Waals surface area contributed by atoms with Gasteiger partial charge in [-0.15, -0.1) is 6.42 Å². The lowest BCUT2D eigenvalue weighted by Gasteiger charge is -2.09. The number of ether oxygens (including phenoxy) is 1. The van der Waals surface area contributed by atoms with Crippen LogP contribution in [0.2, 0.25) is 0 Å². The smallest absolute Gasteiger partial charge is 0.279 e. The van der Waals surface area contributed by atoms with E-state index in [0.29, 0.717) is 28.3 Å². The van der Waals surface area contributed by atoms with Gasteiger partial charge >= 0.3 is 0 Å². The summed E-state index contributed by atoms with van der Waals surface area (Å²) in [6.45, 7) is 0.294. The number of terminal acetylenes is 1. The van der Waals surface area contributed by atoms with Gasteiger partial charge in [0.25, 0.3) is 15.9 Å². The first-order chi connectivity index (χ1) is 15.9. The van der Waals surface area contributed by atoms with Gasteiger partial charge in [0.15, 0.2) is 4.80 Å². The van der Waals surface area contributed by atoms with E-state index >= 15 is 0 Å². The minimum absolute atomic E-state index is 0.0984. The molecule has 1 heterocycles. The second kappa shape index (κ2) is 9.32. The molecule has 1 aromatic heterocycles. The number of nitrogens with zero attached hydrogens (tertiary/aromatic N) is 2. The van der Waals surface area contributed by atoms with Crippen molar-refractivity contribution in [1.29, 1.82) is 0 Å². The Balaban J connectivity index is 1.57. The lowest BCUT2D eigenvalue weighted by Crippen LogP contribution is -2.16. The number of carbonyl (C=O) groups excluding carboxylic acids is 1. The van der Waals surface area contributed by atoms with Gasteiger partial charge in [0, 0.05) is 11.3 Å². The molecule has 0 saturated carbocycles. The zero-order valence-electron chi connectivity index (χ0n) is 17.6. The Bertz CT molecular complexity index is 1530. The highest BCUT2D eigenvalue weighted by Gasteiger charge is 2.15. The first kappa shape index (κ1) is 22.3. The van der Waals surface area contributed by atoms with Crippen molar-refractivity contribution >= 4 is 43.2 Å². The number of hydrogen-bond donors (Lipinski definition) is 1. The highest BCUT2D eigenvalue weighted by molar-refractivity contribution is 7.92. The zero-order chi connectivity index (χ0) is 23.4. The van der Waals surface area contributed by atoms with E-state index < -0.39 is 15.9 Å². The average Bonchev–Trinajstić information content (AvgIpc) is 3.16. The fraction of sp³-hybridized carbons (Fsp3) is 0.0833. The number of carbonyl (C=O) groups is 1. The van der Waals surface area contributed by atoms with Gasteiger partial charge in [0.1, 0.15) is 5.75 Å². The predicted molar refractivity (Wildman–Crippen MR) is 129 cm³/mol. The van der Waals surface area contributed by atoms with Gasteiger partial charge in [-0.3, -0.25) is 9.52 Å². The van der Waals surface area contributed by atoms with Crippen molar-refractivity contribution in [3.05, 3.63) is 83.2 Å². The SMILES string of the molecule is C#CCn1c(=NC(=O)c2ccc(NS(=O)(=O)c3ccc(OC)cc3)cc2)sc2ccccc21. The third kappa shape index (κ3) is 4.82. The number of aromatic nitrogens is 1. The first-order valence-electron chi connectivity index (χ1n) is 9.79. The average molecular weight is 478 g/mol. The number of para-hydroxylation sites is 1. The van der Waals surface area contributed by atoms with E-state index in [1.165, 1.54) is 54.8 Å². The Labute approximate surface area is 195 Å². The van der Waals surface area contributed by atoms with Crippen LogP contribution in [0.3, 0.4) is 0 Å². The summed E-state index contributed by atoms with van der Waals surface area (Å²) >= 11 is 1.38. The van der Waals surface area contributed by atoms with Gasteiger partial charge < -0.3 is 9.30 Å². The monoisotopic (exact) mass is 477 g/mol. The van der Waals surface area contributed by atoms with Crippen LogP contribution >= 0.6 is 11.3 Å². The molecule has 0 atom stereocenters. The summed E-state index contributed by atoms with van der Waals surface area (Å²) in [6, 6.07) is 19.8. The van der Waals surface area contributed by atoms with Gasteiger partial charge in [0.2, 0.25) is 0 Å². The molecule has 0 fully saturated rings. The van der Waals surface area contributed by atoms with Gasteiger partial charge in [-0.25, -0.2) is 8.42 Å². The molecule has 0 unspecified atom stereocenters. The van der Waals surface area contributed by atoms with E-state index in [2.05, 4.69) is 15.6 Å². The molecule has 1 amide bonds. The molecule has 3 aromatic carbocycles. The quantitative estimate of drug-likeness (QED) is 0.427. The number of amides is 1. The van der Waals surface area contributed by atoms with Crippen LogP contribution in [0.1, 0.15) is 10.4 Å². The van der Waals surface area contributed by atoms with Gasteiger partial charge in [0.05, 0.1) is 28.8 Å². The van der Waals surface area contributed by atoms with Crippen molar-refractivity contribution in [1.82, 2.24) is 4.57 Å². The largest absolute Gasteiger partial charge is 0.497 e. The molecule has 0 aliphatic carbocycles. The predicted octanol–water partition coefficient (Wildman–Crippen LogP) is 3.89. The Morgan fingerprint density at radius 3 is 2.45 bits per heavy atom. The molecule has 0 radical (unpaired) electrons. The van der Waals surface area contributed by atoms with Crippen molar-refractivity contribution in [2.24, 2.45) is 4.99 Å². The van der Waals surface area contributed by atoms with E-state index in [4.69, 9.17) is 11.2 Å². The summed E-state index contributed by atoms with van der Waals surface area (Å²) in [5, 5.41) is 0. The summed E-state index contributed by atoms with van der Waals surface area (Å²) in [5.74, 6) is 2.70. The number of methoxy groups -OCH3 is 1. The number of anilines is 1. The molecule has 0 saturated heterocycles. The molecule has 0 aliphatic rings. The summed E-state index contributed by atoms with van der Waals surface area (Å²) in [7, 11) is -2.27. The van der Waals surface area contributed by atoms with Gasteiger partial charge in [-0.1, -0.05) is 29.4 Å². The van der Waals surface area contributed by atoms with Crippen LogP contribution in [0.5, 0.6) is 5.75 Å². The molecule has 4 rings (SSSR count). The second-order valence-corrected chi connectivity index (χ2v) is 9.61. The van der Waals surface area contributed by atoms with Crippen LogP contribution in [0.15, 0.2) is 82.7 Å². The maximum atomic E-state index is 12.8. The van der Waals surface area contributed by atoms with Crippen LogP contribution in [0.25, 0.3) is 10.2 Å².